The number of anilines is 1. The van der Waals surface area contributed by atoms with Crippen molar-refractivity contribution in [2.45, 2.75) is 40.8 Å². The quantitative estimate of drug-likeness (QED) is 0.119. The second kappa shape index (κ2) is 27.9. The van der Waals surface area contributed by atoms with Crippen LogP contribution in [0.4, 0.5) is 10.1 Å². The molecule has 0 aliphatic carbocycles. The molecule has 8 nitrogen and oxygen atoms in total. The van der Waals surface area contributed by atoms with Gasteiger partial charge in [0.2, 0.25) is 0 Å². The molecule has 0 bridgehead atoms. The number of rotatable bonds is 15. The Hall–Kier alpha value is -1.79. The number of halogens is 1. The van der Waals surface area contributed by atoms with E-state index in [-0.39, 0.29) is 98.8 Å². The van der Waals surface area contributed by atoms with Crippen molar-refractivity contribution in [2.75, 3.05) is 58.2 Å². The number of nitriles is 1. The Labute approximate surface area is 347 Å². The van der Waals surface area contributed by atoms with Crippen molar-refractivity contribution in [3.05, 3.63) is 112 Å². The molecule has 1 saturated heterocycles. The first-order valence-electron chi connectivity index (χ1n) is 15.0. The first-order valence-corrected chi connectivity index (χ1v) is 15.0. The van der Waals surface area contributed by atoms with E-state index in [1.54, 1.807) is 25.3 Å². The smallest absolute Gasteiger partial charge is 0.476 e. The molecule has 0 radical (unpaired) electrons. The number of aryl methyl sites for hydroxylation is 1. The second-order valence-corrected chi connectivity index (χ2v) is 10.8. The fourth-order valence-electron chi connectivity index (χ4n) is 4.61. The number of carbonyl (C=O) groups excluding carboxylic acids is 1. The van der Waals surface area contributed by atoms with E-state index in [1.165, 1.54) is 25.7 Å². The molecule has 1 aliphatic heterocycles. The average Bonchev–Trinajstić information content (AvgIpc) is 3.01. The summed E-state index contributed by atoms with van der Waals surface area (Å²) < 4.78 is 19.8. The Morgan fingerprint density at radius 3 is 2.37 bits per heavy atom. The van der Waals surface area contributed by atoms with E-state index >= 15 is 0 Å². The number of ether oxygens (including phenoxy) is 1. The van der Waals surface area contributed by atoms with Crippen molar-refractivity contribution in [3.8, 4) is 11.8 Å². The zero-order chi connectivity index (χ0) is 33.4. The summed E-state index contributed by atoms with van der Waals surface area (Å²) in [4.78, 5) is 22.3. The van der Waals surface area contributed by atoms with E-state index in [2.05, 4.69) is 40.4 Å². The number of benzene rings is 2. The van der Waals surface area contributed by atoms with Gasteiger partial charge in [0.15, 0.2) is 18.2 Å². The van der Waals surface area contributed by atoms with Crippen molar-refractivity contribution in [1.29, 1.82) is 5.26 Å². The number of nitrogens with one attached hydrogen (secondary N) is 1. The van der Waals surface area contributed by atoms with Gasteiger partial charge in [0.05, 0.1) is 12.0 Å². The number of hydrogen-bond acceptors (Lipinski definition) is 8. The molecular formula is C38H53FN6O2Y2. The fourth-order valence-corrected chi connectivity index (χ4v) is 4.61. The normalized spacial score (nSPS) is 13.2. The van der Waals surface area contributed by atoms with Crippen LogP contribution in [0.5, 0.6) is 5.75 Å². The maximum Gasteiger partial charge on any atom is 3.00 e. The van der Waals surface area contributed by atoms with Gasteiger partial charge in [0.1, 0.15) is 12.2 Å². The van der Waals surface area contributed by atoms with Crippen molar-refractivity contribution >= 4 is 23.3 Å². The van der Waals surface area contributed by atoms with Crippen molar-refractivity contribution in [3.63, 3.8) is 0 Å². The molecule has 11 heteroatoms. The van der Waals surface area contributed by atoms with Crippen LogP contribution in [-0.4, -0.2) is 85.8 Å². The number of allylic oxidation sites excluding steroid dienone is 2. The van der Waals surface area contributed by atoms with Crippen molar-refractivity contribution < 1.29 is 79.3 Å². The summed E-state index contributed by atoms with van der Waals surface area (Å²) >= 11 is 0. The third kappa shape index (κ3) is 16.8. The van der Waals surface area contributed by atoms with Crippen LogP contribution in [-0.2, 0) is 70.2 Å². The van der Waals surface area contributed by atoms with E-state index < -0.39 is 5.82 Å². The Bertz CT molecular complexity index is 1390. The standard InChI is InChI=1S/C27H30FN4O2.C9H17N2.2CH3.2Y/c1-7-13-32(6)27(31-23-9-8-22(17-33)18(2)15-23)21(5)30-16-19(3)24-10-11-25(34-14-12-29)26(28)20(24)4;1-3-10(4-2)8-9-11-6-5-7-11;;;;/h7-11,13,15-16,27,31H,14H2,1-6H3;5H,1-4,6-9H2;2*1H3;;/q-1;-3;2*-1;2*+3/b13-7-,19-16+,30-21?;;;;;. The van der Waals surface area contributed by atoms with Crippen LogP contribution in [0.25, 0.3) is 5.57 Å². The van der Waals surface area contributed by atoms with Gasteiger partial charge in [0.25, 0.3) is 0 Å². The molecule has 49 heavy (non-hydrogen) atoms. The molecule has 0 saturated carbocycles. The summed E-state index contributed by atoms with van der Waals surface area (Å²) in [6.45, 7) is 23.1. The molecule has 0 aromatic heterocycles. The van der Waals surface area contributed by atoms with Gasteiger partial charge in [-0.05, 0) is 56.7 Å². The van der Waals surface area contributed by atoms with Crippen LogP contribution in [0.1, 0.15) is 43.0 Å². The van der Waals surface area contributed by atoms with Crippen LogP contribution < -0.4 is 10.1 Å². The summed E-state index contributed by atoms with van der Waals surface area (Å²) in [6, 6.07) is 10.6. The third-order valence-electron chi connectivity index (χ3n) is 7.50. The van der Waals surface area contributed by atoms with Crippen LogP contribution in [0.3, 0.4) is 0 Å². The SMILES string of the molecule is C/C=C\N(C)C(Nc1ccc([C-]=O)c(C)c1)C(C)=N/C=C(\C)c1ccc(OCC#N)c(F)c1C.[CH2-]CN(C[CH2-])CCN1C[CH-]C1.[CH3-].[CH3-].[Y+3].[Y+3]. The first kappa shape index (κ1) is 51.6. The van der Waals surface area contributed by atoms with Gasteiger partial charge in [-0.2, -0.15) is 11.3 Å². The molecule has 1 aliphatic rings. The summed E-state index contributed by atoms with van der Waals surface area (Å²) in [7, 11) is 1.94. The average molecular weight is 823 g/mol. The minimum absolute atomic E-state index is 0. The third-order valence-corrected chi connectivity index (χ3v) is 7.50. The summed E-state index contributed by atoms with van der Waals surface area (Å²) in [5.41, 5.74) is 4.92. The second-order valence-electron chi connectivity index (χ2n) is 10.8. The number of hydrogen-bond donors (Lipinski definition) is 1. The Balaban J connectivity index is -0.00000121. The number of likely N-dealkylation sites (tertiary alicyclic amines) is 1. The van der Waals surface area contributed by atoms with Crippen LogP contribution >= 0.6 is 0 Å². The zero-order valence-corrected chi connectivity index (χ0v) is 36.4. The molecule has 1 heterocycles. The predicted molar refractivity (Wildman–Crippen MR) is 196 cm³/mol. The van der Waals surface area contributed by atoms with Crippen molar-refractivity contribution in [2.24, 2.45) is 4.99 Å². The fraction of sp³-hybridized carbons (Fsp3) is 0.368. The van der Waals surface area contributed by atoms with Crippen molar-refractivity contribution in [1.82, 2.24) is 14.7 Å². The molecule has 260 valence electrons. The maximum atomic E-state index is 14.6. The van der Waals surface area contributed by atoms with Gasteiger partial charge in [0, 0.05) is 32.0 Å². The van der Waals surface area contributed by atoms with Crippen LogP contribution in [0, 0.1) is 66.1 Å². The molecule has 1 N–H and O–H groups in total. The van der Waals surface area contributed by atoms with Gasteiger partial charge >= 0.3 is 65.4 Å². The van der Waals surface area contributed by atoms with Gasteiger partial charge in [-0.25, -0.2) is 4.39 Å². The molecule has 0 amide bonds. The first-order chi connectivity index (χ1) is 21.6. The Morgan fingerprint density at radius 1 is 1.20 bits per heavy atom. The largest absolute Gasteiger partial charge is 3.00 e. The molecule has 2 aromatic rings. The molecule has 1 atom stereocenters. The van der Waals surface area contributed by atoms with E-state index in [0.29, 0.717) is 16.7 Å². The number of aliphatic imine (C=N–C) groups is 1. The maximum absolute atomic E-state index is 14.6. The van der Waals surface area contributed by atoms with E-state index in [0.717, 1.165) is 42.2 Å². The van der Waals surface area contributed by atoms with Crippen LogP contribution in [0.2, 0.25) is 0 Å². The Morgan fingerprint density at radius 2 is 1.86 bits per heavy atom. The predicted octanol–water partition coefficient (Wildman–Crippen LogP) is 6.90. The Kier molecular flexibility index (Phi) is 29.3. The molecule has 1 unspecified atom stereocenters. The summed E-state index contributed by atoms with van der Waals surface area (Å²) in [5, 5.41) is 12.1. The van der Waals surface area contributed by atoms with Gasteiger partial charge in [-0.3, -0.25) is 4.99 Å². The molecular weight excluding hydrogens is 769 g/mol. The van der Waals surface area contributed by atoms with E-state index in [4.69, 9.17) is 10.00 Å². The monoisotopic (exact) mass is 822 g/mol. The summed E-state index contributed by atoms with van der Waals surface area (Å²) in [6.07, 6.45) is 9.54. The van der Waals surface area contributed by atoms with E-state index in [9.17, 15) is 9.18 Å². The molecule has 1 fully saturated rings. The number of nitrogens with zero attached hydrogens (tertiary/aromatic N) is 5. The molecule has 3 rings (SSSR count). The van der Waals surface area contributed by atoms with Gasteiger partial charge < -0.3 is 64.7 Å². The molecule has 0 spiro atoms. The van der Waals surface area contributed by atoms with Gasteiger partial charge in [-0.1, -0.05) is 31.2 Å². The molecule has 2 aromatic carbocycles. The zero-order valence-electron chi connectivity index (χ0n) is 30.7. The topological polar surface area (TPSA) is 84.2 Å². The van der Waals surface area contributed by atoms with E-state index in [1.807, 2.05) is 76.4 Å². The van der Waals surface area contributed by atoms with Crippen LogP contribution in [0.15, 0.2) is 53.8 Å². The van der Waals surface area contributed by atoms with Gasteiger partial charge in [-0.15, -0.1) is 37.3 Å². The summed E-state index contributed by atoms with van der Waals surface area (Å²) in [5.74, 6) is -0.430. The minimum Gasteiger partial charge on any atom is -0.476 e. The minimum atomic E-state index is -0.486.